The summed E-state index contributed by atoms with van der Waals surface area (Å²) >= 11 is 0. The fourth-order valence-electron chi connectivity index (χ4n) is 3.95. The molecule has 1 unspecified atom stereocenters. The highest BCUT2D eigenvalue weighted by atomic mass is 16.2. The Kier molecular flexibility index (Phi) is 4.17. The zero-order valence-electron chi connectivity index (χ0n) is 15.5. The van der Waals surface area contributed by atoms with Crippen molar-refractivity contribution in [3.8, 4) is 11.1 Å². The number of para-hydroxylation sites is 2. The maximum atomic E-state index is 12.9. The molecule has 1 atom stereocenters. The van der Waals surface area contributed by atoms with Crippen LogP contribution in [0.4, 0.5) is 0 Å². The minimum absolute atomic E-state index is 0.0956. The van der Waals surface area contributed by atoms with E-state index < -0.39 is 0 Å². The van der Waals surface area contributed by atoms with Crippen molar-refractivity contribution in [3.05, 3.63) is 90.3 Å². The molecule has 138 valence electrons. The first-order valence-electron chi connectivity index (χ1n) is 9.67. The Balaban J connectivity index is 1.31. The van der Waals surface area contributed by atoms with Crippen molar-refractivity contribution >= 4 is 16.9 Å². The molecule has 28 heavy (non-hydrogen) atoms. The second-order valence-electron chi connectivity index (χ2n) is 7.32. The lowest BCUT2D eigenvalue weighted by molar-refractivity contribution is 0.0790. The number of aromatic nitrogens is 2. The van der Waals surface area contributed by atoms with Crippen LogP contribution < -0.4 is 0 Å². The van der Waals surface area contributed by atoms with Gasteiger partial charge in [-0.15, -0.1) is 0 Å². The zero-order valence-corrected chi connectivity index (χ0v) is 15.5. The van der Waals surface area contributed by atoms with Gasteiger partial charge in [-0.1, -0.05) is 54.6 Å². The molecule has 1 saturated heterocycles. The van der Waals surface area contributed by atoms with E-state index in [1.807, 2.05) is 71.6 Å². The van der Waals surface area contributed by atoms with Crippen LogP contribution in [-0.4, -0.2) is 33.9 Å². The standard InChI is InChI=1S/C24H21N3O/c28-24(19-12-10-18(11-13-19)17-6-2-1-3-7-17)27-15-14-20(16-27)23-25-21-8-4-5-9-22(21)26-23/h1-13,20H,14-16H2,(H,25,26). The molecule has 0 aliphatic carbocycles. The van der Waals surface area contributed by atoms with Gasteiger partial charge in [-0.05, 0) is 41.8 Å². The maximum absolute atomic E-state index is 12.9. The van der Waals surface area contributed by atoms with Gasteiger partial charge in [0.1, 0.15) is 5.82 Å². The van der Waals surface area contributed by atoms with E-state index in [1.165, 1.54) is 0 Å². The van der Waals surface area contributed by atoms with Crippen molar-refractivity contribution in [1.29, 1.82) is 0 Å². The van der Waals surface area contributed by atoms with Crippen molar-refractivity contribution in [2.45, 2.75) is 12.3 Å². The first-order chi connectivity index (χ1) is 13.8. The van der Waals surface area contributed by atoms with Crippen LogP contribution in [0.3, 0.4) is 0 Å². The van der Waals surface area contributed by atoms with E-state index in [0.717, 1.165) is 46.5 Å². The lowest BCUT2D eigenvalue weighted by atomic mass is 10.0. The molecule has 0 saturated carbocycles. The van der Waals surface area contributed by atoms with Gasteiger partial charge < -0.3 is 9.88 Å². The van der Waals surface area contributed by atoms with Crippen molar-refractivity contribution in [2.24, 2.45) is 0 Å². The number of nitrogens with one attached hydrogen (secondary N) is 1. The second kappa shape index (κ2) is 6.97. The number of hydrogen-bond donors (Lipinski definition) is 1. The van der Waals surface area contributed by atoms with Gasteiger partial charge in [-0.3, -0.25) is 4.79 Å². The van der Waals surface area contributed by atoms with E-state index in [-0.39, 0.29) is 11.8 Å². The van der Waals surface area contributed by atoms with Crippen molar-refractivity contribution in [3.63, 3.8) is 0 Å². The zero-order chi connectivity index (χ0) is 18.9. The van der Waals surface area contributed by atoms with Gasteiger partial charge >= 0.3 is 0 Å². The number of fused-ring (bicyclic) bond motifs is 1. The molecule has 1 fully saturated rings. The predicted molar refractivity (Wildman–Crippen MR) is 111 cm³/mol. The molecular formula is C24H21N3O. The third kappa shape index (κ3) is 3.07. The fourth-order valence-corrected chi connectivity index (χ4v) is 3.95. The third-order valence-corrected chi connectivity index (χ3v) is 5.51. The summed E-state index contributed by atoms with van der Waals surface area (Å²) in [5.74, 6) is 1.34. The van der Waals surface area contributed by atoms with Crippen LogP contribution >= 0.6 is 0 Å². The van der Waals surface area contributed by atoms with E-state index in [4.69, 9.17) is 4.98 Å². The molecule has 4 nitrogen and oxygen atoms in total. The highest BCUT2D eigenvalue weighted by Crippen LogP contribution is 2.28. The summed E-state index contributed by atoms with van der Waals surface area (Å²) in [6, 6.07) is 26.2. The Labute approximate surface area is 163 Å². The molecule has 1 N–H and O–H groups in total. The highest BCUT2D eigenvalue weighted by molar-refractivity contribution is 5.95. The second-order valence-corrected chi connectivity index (χ2v) is 7.32. The minimum Gasteiger partial charge on any atom is -0.342 e. The molecule has 2 heterocycles. The number of imidazole rings is 1. The van der Waals surface area contributed by atoms with E-state index in [1.54, 1.807) is 0 Å². The molecule has 1 aromatic heterocycles. The summed E-state index contributed by atoms with van der Waals surface area (Å²) in [5.41, 5.74) is 5.06. The summed E-state index contributed by atoms with van der Waals surface area (Å²) in [5, 5.41) is 0. The Morgan fingerprint density at radius 3 is 2.39 bits per heavy atom. The van der Waals surface area contributed by atoms with Crippen LogP contribution in [0.5, 0.6) is 0 Å². The Morgan fingerprint density at radius 1 is 0.893 bits per heavy atom. The average Bonchev–Trinajstić information content (AvgIpc) is 3.41. The van der Waals surface area contributed by atoms with Crippen LogP contribution in [0.25, 0.3) is 22.2 Å². The molecule has 4 heteroatoms. The number of H-pyrrole nitrogens is 1. The smallest absolute Gasteiger partial charge is 0.253 e. The van der Waals surface area contributed by atoms with Gasteiger partial charge in [-0.25, -0.2) is 4.98 Å². The van der Waals surface area contributed by atoms with Gasteiger partial charge in [0.05, 0.1) is 11.0 Å². The predicted octanol–water partition coefficient (Wildman–Crippen LogP) is 4.86. The summed E-state index contributed by atoms with van der Waals surface area (Å²) in [6.07, 6.45) is 0.938. The molecule has 1 aliphatic heterocycles. The normalized spacial score (nSPS) is 16.6. The highest BCUT2D eigenvalue weighted by Gasteiger charge is 2.29. The van der Waals surface area contributed by atoms with Gasteiger partial charge in [-0.2, -0.15) is 0 Å². The maximum Gasteiger partial charge on any atom is 0.253 e. The van der Waals surface area contributed by atoms with Crippen molar-refractivity contribution in [1.82, 2.24) is 14.9 Å². The van der Waals surface area contributed by atoms with Crippen LogP contribution in [0.1, 0.15) is 28.5 Å². The van der Waals surface area contributed by atoms with Gasteiger partial charge in [0.25, 0.3) is 5.91 Å². The van der Waals surface area contributed by atoms with Crippen molar-refractivity contribution in [2.75, 3.05) is 13.1 Å². The SMILES string of the molecule is O=C(c1ccc(-c2ccccc2)cc1)N1CCC(c2nc3ccccc3[nH]2)C1. The Morgan fingerprint density at radius 2 is 1.61 bits per heavy atom. The Hall–Kier alpha value is -3.40. The Bertz CT molecular complexity index is 1080. The largest absolute Gasteiger partial charge is 0.342 e. The summed E-state index contributed by atoms with van der Waals surface area (Å²) in [6.45, 7) is 1.47. The lowest BCUT2D eigenvalue weighted by Gasteiger charge is -2.16. The van der Waals surface area contributed by atoms with Crippen molar-refractivity contribution < 1.29 is 4.79 Å². The summed E-state index contributed by atoms with van der Waals surface area (Å²) < 4.78 is 0. The van der Waals surface area contributed by atoms with E-state index >= 15 is 0 Å². The average molecular weight is 367 g/mol. The number of likely N-dealkylation sites (tertiary alicyclic amines) is 1. The number of carbonyl (C=O) groups excluding carboxylic acids is 1. The van der Waals surface area contributed by atoms with Crippen LogP contribution in [0, 0.1) is 0 Å². The monoisotopic (exact) mass is 367 g/mol. The number of rotatable bonds is 3. The van der Waals surface area contributed by atoms with Crippen LogP contribution in [-0.2, 0) is 0 Å². The molecular weight excluding hydrogens is 346 g/mol. The molecule has 1 aliphatic rings. The number of carbonyl (C=O) groups is 1. The van der Waals surface area contributed by atoms with Gasteiger partial charge in [0.2, 0.25) is 0 Å². The molecule has 0 spiro atoms. The molecule has 0 radical (unpaired) electrons. The fraction of sp³-hybridized carbons (Fsp3) is 0.167. The number of nitrogens with zero attached hydrogens (tertiary/aromatic N) is 2. The number of hydrogen-bond acceptors (Lipinski definition) is 2. The lowest BCUT2D eigenvalue weighted by Crippen LogP contribution is -2.28. The summed E-state index contributed by atoms with van der Waals surface area (Å²) in [7, 11) is 0. The first-order valence-corrected chi connectivity index (χ1v) is 9.67. The van der Waals surface area contributed by atoms with E-state index in [0.29, 0.717) is 6.54 Å². The molecule has 5 rings (SSSR count). The molecule has 3 aromatic carbocycles. The quantitative estimate of drug-likeness (QED) is 0.562. The minimum atomic E-state index is 0.0956. The van der Waals surface area contributed by atoms with Crippen LogP contribution in [0.2, 0.25) is 0 Å². The van der Waals surface area contributed by atoms with Crippen LogP contribution in [0.15, 0.2) is 78.9 Å². The number of benzene rings is 3. The third-order valence-electron chi connectivity index (χ3n) is 5.51. The molecule has 4 aromatic rings. The molecule has 0 bridgehead atoms. The molecule has 1 amide bonds. The topological polar surface area (TPSA) is 49.0 Å². The van der Waals surface area contributed by atoms with Gasteiger partial charge in [0, 0.05) is 24.6 Å². The number of aromatic amines is 1. The van der Waals surface area contributed by atoms with E-state index in [2.05, 4.69) is 17.1 Å². The number of amides is 1. The van der Waals surface area contributed by atoms with E-state index in [9.17, 15) is 4.79 Å². The van der Waals surface area contributed by atoms with Gasteiger partial charge in [0.15, 0.2) is 0 Å². The summed E-state index contributed by atoms with van der Waals surface area (Å²) in [4.78, 5) is 23.0. The first kappa shape index (κ1) is 16.8.